The largest absolute Gasteiger partial charge is 0.416 e. The number of carbonyl (C=O) groups excluding carboxylic acids is 1. The van der Waals surface area contributed by atoms with Gasteiger partial charge in [0.15, 0.2) is 5.82 Å². The molecule has 182 valence electrons. The molecule has 6 rings (SSSR count). The molecule has 3 aromatic heterocycles. The molecule has 1 aromatic carbocycles. The zero-order valence-electron chi connectivity index (χ0n) is 18.6. The van der Waals surface area contributed by atoms with Crippen molar-refractivity contribution in [2.24, 2.45) is 0 Å². The number of rotatable bonds is 3. The number of anilines is 3. The van der Waals surface area contributed by atoms with Crippen LogP contribution in [0.3, 0.4) is 0 Å². The van der Waals surface area contributed by atoms with Crippen LogP contribution in [0.4, 0.5) is 35.5 Å². The number of hydrogen-bond acceptors (Lipinski definition) is 7. The van der Waals surface area contributed by atoms with E-state index in [1.165, 1.54) is 11.0 Å². The zero-order chi connectivity index (χ0) is 24.9. The minimum absolute atomic E-state index is 0.100. The van der Waals surface area contributed by atoms with E-state index in [9.17, 15) is 18.0 Å². The summed E-state index contributed by atoms with van der Waals surface area (Å²) in [6.07, 6.45) is -2.17. The average molecular weight is 493 g/mol. The number of nitrogens with one attached hydrogen (secondary N) is 1. The van der Waals surface area contributed by atoms with Gasteiger partial charge in [0.1, 0.15) is 5.69 Å². The van der Waals surface area contributed by atoms with Crippen LogP contribution in [0.2, 0.25) is 0 Å². The molecule has 1 atom stereocenters. The third-order valence-electron chi connectivity index (χ3n) is 6.18. The van der Waals surface area contributed by atoms with Gasteiger partial charge in [0.2, 0.25) is 0 Å². The second-order valence-corrected chi connectivity index (χ2v) is 8.43. The van der Waals surface area contributed by atoms with Gasteiger partial charge in [-0.3, -0.25) is 15.2 Å². The number of benzene rings is 1. The summed E-state index contributed by atoms with van der Waals surface area (Å²) in [5.74, 6) is 0.516. The fourth-order valence-electron chi connectivity index (χ4n) is 4.51. The van der Waals surface area contributed by atoms with Gasteiger partial charge in [0.05, 0.1) is 23.0 Å². The fraction of sp³-hybridized carbons (Fsp3) is 0.208. The number of pyridine rings is 2. The molecule has 2 amide bonds. The van der Waals surface area contributed by atoms with E-state index in [0.29, 0.717) is 35.7 Å². The number of hydrogen-bond donors (Lipinski definition) is 1. The highest BCUT2D eigenvalue weighted by Crippen LogP contribution is 2.41. The van der Waals surface area contributed by atoms with Gasteiger partial charge in [-0.25, -0.2) is 9.78 Å². The van der Waals surface area contributed by atoms with Gasteiger partial charge in [0.25, 0.3) is 5.89 Å². The minimum Gasteiger partial charge on any atom is -0.401 e. The molecule has 9 nitrogen and oxygen atoms in total. The highest BCUT2D eigenvalue weighted by molar-refractivity contribution is 6.03. The predicted octanol–water partition coefficient (Wildman–Crippen LogP) is 4.84. The second-order valence-electron chi connectivity index (χ2n) is 8.43. The molecule has 12 heteroatoms. The molecule has 4 aromatic rings. The summed E-state index contributed by atoms with van der Waals surface area (Å²) >= 11 is 0. The molecule has 1 N–H and O–H groups in total. The standard InChI is InChI=1S/C24H18F3N7O2/c25-24(26,27)15-5-3-4-14(12-15)17-7-8-19-20(29-17)34(16-9-11-33(19)13-16)23(35)30-22-32-31-21(36-22)18-6-1-2-10-28-18/h1-8,10,12,16H,9,11,13H2,(H,30,32,35)/t16-/m0/s1. The highest BCUT2D eigenvalue weighted by Gasteiger charge is 2.41. The Kier molecular flexibility index (Phi) is 5.09. The lowest BCUT2D eigenvalue weighted by molar-refractivity contribution is -0.137. The van der Waals surface area contributed by atoms with Crippen LogP contribution in [-0.2, 0) is 6.18 Å². The Bertz CT molecular complexity index is 1440. The zero-order valence-corrected chi connectivity index (χ0v) is 18.6. The van der Waals surface area contributed by atoms with Crippen molar-refractivity contribution >= 4 is 23.6 Å². The maximum absolute atomic E-state index is 13.4. The monoisotopic (exact) mass is 493 g/mol. The van der Waals surface area contributed by atoms with E-state index in [1.54, 1.807) is 42.6 Å². The molecule has 0 unspecified atom stereocenters. The van der Waals surface area contributed by atoms with E-state index < -0.39 is 17.8 Å². The Balaban J connectivity index is 1.32. The Morgan fingerprint density at radius 3 is 2.75 bits per heavy atom. The third kappa shape index (κ3) is 3.89. The second kappa shape index (κ2) is 8.33. The van der Waals surface area contributed by atoms with Gasteiger partial charge < -0.3 is 9.32 Å². The van der Waals surface area contributed by atoms with Gasteiger partial charge in [-0.2, -0.15) is 13.2 Å². The predicted molar refractivity (Wildman–Crippen MR) is 124 cm³/mol. The Labute approximate surface area is 202 Å². The molecule has 1 saturated heterocycles. The molecule has 36 heavy (non-hydrogen) atoms. The summed E-state index contributed by atoms with van der Waals surface area (Å²) in [5.41, 5.74) is 1.06. The molecular weight excluding hydrogens is 475 g/mol. The van der Waals surface area contributed by atoms with Crippen LogP contribution in [0.1, 0.15) is 12.0 Å². The van der Waals surface area contributed by atoms with Crippen LogP contribution in [0, 0.1) is 0 Å². The van der Waals surface area contributed by atoms with Crippen molar-refractivity contribution in [3.05, 3.63) is 66.4 Å². The lowest BCUT2D eigenvalue weighted by atomic mass is 10.1. The maximum atomic E-state index is 13.4. The molecule has 0 saturated carbocycles. The third-order valence-corrected chi connectivity index (χ3v) is 6.18. The number of fused-ring (bicyclic) bond motifs is 4. The first-order valence-corrected chi connectivity index (χ1v) is 11.2. The fourth-order valence-corrected chi connectivity index (χ4v) is 4.51. The van der Waals surface area contributed by atoms with E-state index in [-0.39, 0.29) is 17.9 Å². The first kappa shape index (κ1) is 22.0. The van der Waals surface area contributed by atoms with Gasteiger partial charge in [-0.15, -0.1) is 5.10 Å². The lowest BCUT2D eigenvalue weighted by Gasteiger charge is -2.35. The number of alkyl halides is 3. The molecule has 0 aliphatic carbocycles. The van der Waals surface area contributed by atoms with E-state index >= 15 is 0 Å². The number of amides is 2. The molecular formula is C24H18F3N7O2. The molecule has 5 heterocycles. The summed E-state index contributed by atoms with van der Waals surface area (Å²) < 4.78 is 45.3. The van der Waals surface area contributed by atoms with Crippen molar-refractivity contribution < 1.29 is 22.4 Å². The molecule has 0 radical (unpaired) electrons. The summed E-state index contributed by atoms with van der Waals surface area (Å²) in [6.45, 7) is 1.35. The molecule has 2 bridgehead atoms. The van der Waals surface area contributed by atoms with Crippen LogP contribution < -0.4 is 15.1 Å². The van der Waals surface area contributed by atoms with Crippen molar-refractivity contribution in [1.82, 2.24) is 20.2 Å². The SMILES string of the molecule is O=C(Nc1nnc(-c2ccccn2)o1)N1c2nc(-c3cccc(C(F)(F)F)c3)ccc2N2CC[C@H]1C2. The first-order chi connectivity index (χ1) is 17.4. The van der Waals surface area contributed by atoms with Crippen molar-refractivity contribution in [1.29, 1.82) is 0 Å². The van der Waals surface area contributed by atoms with Crippen molar-refractivity contribution in [2.75, 3.05) is 28.2 Å². The van der Waals surface area contributed by atoms with Gasteiger partial charge in [0, 0.05) is 24.8 Å². The summed E-state index contributed by atoms with van der Waals surface area (Å²) in [4.78, 5) is 25.8. The number of halogens is 3. The van der Waals surface area contributed by atoms with Crippen molar-refractivity contribution in [2.45, 2.75) is 18.6 Å². The van der Waals surface area contributed by atoms with Gasteiger partial charge in [-0.05, 0) is 42.8 Å². The van der Waals surface area contributed by atoms with E-state index in [0.717, 1.165) is 24.4 Å². The summed E-state index contributed by atoms with van der Waals surface area (Å²) in [7, 11) is 0. The van der Waals surface area contributed by atoms with Crippen LogP contribution in [0.25, 0.3) is 22.8 Å². The quantitative estimate of drug-likeness (QED) is 0.436. The van der Waals surface area contributed by atoms with E-state index in [2.05, 4.69) is 30.4 Å². The van der Waals surface area contributed by atoms with Crippen molar-refractivity contribution in [3.8, 4) is 22.8 Å². The highest BCUT2D eigenvalue weighted by atomic mass is 19.4. The lowest BCUT2D eigenvalue weighted by Crippen LogP contribution is -2.48. The number of urea groups is 1. The van der Waals surface area contributed by atoms with Crippen LogP contribution in [0.15, 0.2) is 65.2 Å². The minimum atomic E-state index is -4.47. The number of aromatic nitrogens is 4. The Morgan fingerprint density at radius 2 is 1.94 bits per heavy atom. The molecule has 0 spiro atoms. The number of nitrogens with zero attached hydrogens (tertiary/aromatic N) is 6. The summed E-state index contributed by atoms with van der Waals surface area (Å²) in [6, 6.07) is 12.8. The van der Waals surface area contributed by atoms with Gasteiger partial charge in [-0.1, -0.05) is 23.3 Å². The van der Waals surface area contributed by atoms with Crippen LogP contribution in [-0.4, -0.2) is 45.3 Å². The van der Waals surface area contributed by atoms with Crippen LogP contribution >= 0.6 is 0 Å². The van der Waals surface area contributed by atoms with Crippen molar-refractivity contribution in [3.63, 3.8) is 0 Å². The number of carbonyl (C=O) groups is 1. The van der Waals surface area contributed by atoms with E-state index in [4.69, 9.17) is 4.42 Å². The van der Waals surface area contributed by atoms with Gasteiger partial charge >= 0.3 is 18.2 Å². The average Bonchev–Trinajstić information content (AvgIpc) is 3.52. The summed E-state index contributed by atoms with van der Waals surface area (Å²) in [5, 5.41) is 10.4. The topological polar surface area (TPSA) is 100 Å². The smallest absolute Gasteiger partial charge is 0.401 e. The molecule has 2 aliphatic rings. The first-order valence-electron chi connectivity index (χ1n) is 11.2. The molecule has 2 aliphatic heterocycles. The van der Waals surface area contributed by atoms with Crippen LogP contribution in [0.5, 0.6) is 0 Å². The Hall–Kier alpha value is -4.48. The maximum Gasteiger partial charge on any atom is 0.416 e. The molecule has 1 fully saturated rings. The van der Waals surface area contributed by atoms with E-state index in [1.807, 2.05) is 0 Å². The Morgan fingerprint density at radius 1 is 1.06 bits per heavy atom. The normalized spacial score (nSPS) is 16.7.